The SMILES string of the molecule is COc1ccc([C@H]2CO2)cc1C(F)(F)F. The van der Waals surface area contributed by atoms with E-state index in [4.69, 9.17) is 4.74 Å². The summed E-state index contributed by atoms with van der Waals surface area (Å²) in [5.41, 5.74) is -0.207. The second-order valence-corrected chi connectivity index (χ2v) is 3.28. The van der Waals surface area contributed by atoms with Crippen molar-refractivity contribution < 1.29 is 22.6 Å². The molecule has 2 rings (SSSR count). The zero-order valence-electron chi connectivity index (χ0n) is 7.97. The quantitative estimate of drug-likeness (QED) is 0.712. The fourth-order valence-electron chi connectivity index (χ4n) is 1.39. The van der Waals surface area contributed by atoms with Crippen LogP contribution in [0.2, 0.25) is 0 Å². The predicted molar refractivity (Wildman–Crippen MR) is 46.7 cm³/mol. The first kappa shape index (κ1) is 10.3. The van der Waals surface area contributed by atoms with Crippen LogP contribution in [0.15, 0.2) is 18.2 Å². The minimum atomic E-state index is -4.39. The highest BCUT2D eigenvalue weighted by Gasteiger charge is 2.36. The normalized spacial score (nSPS) is 20.1. The van der Waals surface area contributed by atoms with Gasteiger partial charge in [0.1, 0.15) is 11.9 Å². The van der Waals surface area contributed by atoms with Crippen LogP contribution in [-0.4, -0.2) is 13.7 Å². The molecule has 1 aromatic rings. The summed E-state index contributed by atoms with van der Waals surface area (Å²) < 4.78 is 47.3. The number of hydrogen-bond acceptors (Lipinski definition) is 2. The molecule has 0 spiro atoms. The first-order valence-electron chi connectivity index (χ1n) is 4.39. The third-order valence-corrected chi connectivity index (χ3v) is 2.23. The zero-order valence-corrected chi connectivity index (χ0v) is 7.97. The molecule has 0 unspecified atom stereocenters. The molecule has 15 heavy (non-hydrogen) atoms. The lowest BCUT2D eigenvalue weighted by atomic mass is 10.1. The molecule has 0 N–H and O–H groups in total. The average molecular weight is 218 g/mol. The van der Waals surface area contributed by atoms with Gasteiger partial charge in [-0.25, -0.2) is 0 Å². The third kappa shape index (κ3) is 2.07. The van der Waals surface area contributed by atoms with Gasteiger partial charge in [0.2, 0.25) is 0 Å². The topological polar surface area (TPSA) is 21.8 Å². The highest BCUT2D eigenvalue weighted by molar-refractivity contribution is 5.40. The smallest absolute Gasteiger partial charge is 0.419 e. The highest BCUT2D eigenvalue weighted by Crippen LogP contribution is 2.40. The van der Waals surface area contributed by atoms with Gasteiger partial charge in [-0.15, -0.1) is 0 Å². The van der Waals surface area contributed by atoms with Crippen LogP contribution in [0.25, 0.3) is 0 Å². The number of rotatable bonds is 2. The summed E-state index contributed by atoms with van der Waals surface area (Å²) in [5.74, 6) is -0.160. The van der Waals surface area contributed by atoms with Crippen molar-refractivity contribution in [2.24, 2.45) is 0 Å². The maximum atomic E-state index is 12.6. The number of ether oxygens (including phenoxy) is 2. The van der Waals surface area contributed by atoms with E-state index in [9.17, 15) is 13.2 Å². The summed E-state index contributed by atoms with van der Waals surface area (Å²) >= 11 is 0. The van der Waals surface area contributed by atoms with Crippen LogP contribution in [0.5, 0.6) is 5.75 Å². The van der Waals surface area contributed by atoms with Gasteiger partial charge in [0.05, 0.1) is 19.3 Å². The standard InChI is InChI=1S/C10H9F3O2/c1-14-8-3-2-6(9-5-15-9)4-7(8)10(11,12)13/h2-4,9H,5H2,1H3/t9-/m1/s1. The van der Waals surface area contributed by atoms with Crippen LogP contribution in [0.4, 0.5) is 13.2 Å². The molecule has 0 saturated carbocycles. The first-order valence-corrected chi connectivity index (χ1v) is 4.39. The molecule has 0 amide bonds. The zero-order chi connectivity index (χ0) is 11.1. The highest BCUT2D eigenvalue weighted by atomic mass is 19.4. The number of hydrogen-bond donors (Lipinski definition) is 0. The molecular formula is C10H9F3O2. The molecule has 1 saturated heterocycles. The maximum absolute atomic E-state index is 12.6. The molecule has 5 heteroatoms. The van der Waals surface area contributed by atoms with Gasteiger partial charge in [0.15, 0.2) is 0 Å². The van der Waals surface area contributed by atoms with Crippen LogP contribution in [0, 0.1) is 0 Å². The van der Waals surface area contributed by atoms with E-state index in [0.29, 0.717) is 12.2 Å². The number of benzene rings is 1. The Bertz CT molecular complexity index is 369. The Balaban J connectivity index is 2.42. The van der Waals surface area contributed by atoms with Crippen molar-refractivity contribution in [1.82, 2.24) is 0 Å². The van der Waals surface area contributed by atoms with Crippen molar-refractivity contribution in [3.63, 3.8) is 0 Å². The summed E-state index contributed by atoms with van der Waals surface area (Å²) in [6.45, 7) is 0.490. The van der Waals surface area contributed by atoms with E-state index in [1.54, 1.807) is 6.07 Å². The van der Waals surface area contributed by atoms with Gasteiger partial charge in [-0.2, -0.15) is 13.2 Å². The lowest BCUT2D eigenvalue weighted by molar-refractivity contribution is -0.138. The van der Waals surface area contributed by atoms with Crippen molar-refractivity contribution in [3.05, 3.63) is 29.3 Å². The Kier molecular flexibility index (Phi) is 2.34. The minimum Gasteiger partial charge on any atom is -0.496 e. The third-order valence-electron chi connectivity index (χ3n) is 2.23. The van der Waals surface area contributed by atoms with E-state index >= 15 is 0 Å². The predicted octanol–water partition coefficient (Wildman–Crippen LogP) is 2.79. The fourth-order valence-corrected chi connectivity index (χ4v) is 1.39. The summed E-state index contributed by atoms with van der Waals surface area (Å²) in [7, 11) is 1.22. The molecule has 1 aliphatic rings. The Hall–Kier alpha value is -1.23. The van der Waals surface area contributed by atoms with E-state index in [2.05, 4.69) is 4.74 Å². The summed E-state index contributed by atoms with van der Waals surface area (Å²) in [5, 5.41) is 0. The van der Waals surface area contributed by atoms with Crippen LogP contribution in [0.3, 0.4) is 0 Å². The summed E-state index contributed by atoms with van der Waals surface area (Å²) in [4.78, 5) is 0. The molecule has 1 atom stereocenters. The van der Waals surface area contributed by atoms with Crippen LogP contribution in [-0.2, 0) is 10.9 Å². The van der Waals surface area contributed by atoms with Gasteiger partial charge in [-0.3, -0.25) is 0 Å². The fraction of sp³-hybridized carbons (Fsp3) is 0.400. The van der Waals surface area contributed by atoms with E-state index in [1.165, 1.54) is 13.2 Å². The van der Waals surface area contributed by atoms with Crippen LogP contribution < -0.4 is 4.74 Å². The van der Waals surface area contributed by atoms with Gasteiger partial charge in [0.25, 0.3) is 0 Å². The molecule has 1 heterocycles. The largest absolute Gasteiger partial charge is 0.496 e. The molecule has 0 aromatic heterocycles. The van der Waals surface area contributed by atoms with E-state index in [0.717, 1.165) is 6.07 Å². The summed E-state index contributed by atoms with van der Waals surface area (Å²) in [6, 6.07) is 3.99. The number of halogens is 3. The molecule has 1 fully saturated rings. The first-order chi connectivity index (χ1) is 7.02. The second-order valence-electron chi connectivity index (χ2n) is 3.28. The molecule has 0 aliphatic carbocycles. The number of methoxy groups -OCH3 is 1. The molecule has 0 radical (unpaired) electrons. The molecule has 82 valence electrons. The molecule has 1 aromatic carbocycles. The van der Waals surface area contributed by atoms with E-state index in [-0.39, 0.29) is 11.9 Å². The molecular weight excluding hydrogens is 209 g/mol. The minimum absolute atomic E-state index is 0.160. The maximum Gasteiger partial charge on any atom is 0.419 e. The van der Waals surface area contributed by atoms with Crippen molar-refractivity contribution in [1.29, 1.82) is 0 Å². The second kappa shape index (κ2) is 3.41. The van der Waals surface area contributed by atoms with Gasteiger partial charge in [0, 0.05) is 0 Å². The van der Waals surface area contributed by atoms with E-state index < -0.39 is 11.7 Å². The van der Waals surface area contributed by atoms with Gasteiger partial charge >= 0.3 is 6.18 Å². The molecule has 0 bridgehead atoms. The lowest BCUT2D eigenvalue weighted by Crippen LogP contribution is -2.08. The van der Waals surface area contributed by atoms with Crippen molar-refractivity contribution >= 4 is 0 Å². The monoisotopic (exact) mass is 218 g/mol. The van der Waals surface area contributed by atoms with Gasteiger partial charge < -0.3 is 9.47 Å². The Morgan fingerprint density at radius 3 is 2.53 bits per heavy atom. The van der Waals surface area contributed by atoms with Crippen LogP contribution in [0.1, 0.15) is 17.2 Å². The Morgan fingerprint density at radius 1 is 1.40 bits per heavy atom. The molecule has 2 nitrogen and oxygen atoms in total. The van der Waals surface area contributed by atoms with E-state index in [1.807, 2.05) is 0 Å². The molecule has 1 aliphatic heterocycles. The van der Waals surface area contributed by atoms with Crippen molar-refractivity contribution in [2.45, 2.75) is 12.3 Å². The van der Waals surface area contributed by atoms with Crippen molar-refractivity contribution in [3.8, 4) is 5.75 Å². The Labute approximate surface area is 84.6 Å². The summed E-state index contributed by atoms with van der Waals surface area (Å²) in [6.07, 6.45) is -4.58. The lowest BCUT2D eigenvalue weighted by Gasteiger charge is -2.12. The average Bonchev–Trinajstić information content (AvgIpc) is 2.98. The Morgan fingerprint density at radius 2 is 2.07 bits per heavy atom. The number of epoxide rings is 1. The van der Waals surface area contributed by atoms with Gasteiger partial charge in [-0.1, -0.05) is 6.07 Å². The van der Waals surface area contributed by atoms with Crippen molar-refractivity contribution in [2.75, 3.05) is 13.7 Å². The van der Waals surface area contributed by atoms with Crippen LogP contribution >= 0.6 is 0 Å². The van der Waals surface area contributed by atoms with Gasteiger partial charge in [-0.05, 0) is 17.7 Å². The number of alkyl halides is 3.